The average molecular weight is 188 g/mol. The first-order valence-corrected chi connectivity index (χ1v) is 4.17. The van der Waals surface area contributed by atoms with Crippen molar-refractivity contribution < 1.29 is 4.39 Å². The van der Waals surface area contributed by atoms with Crippen LogP contribution >= 0.6 is 11.6 Å². The molecule has 0 fully saturated rings. The molecule has 0 radical (unpaired) electrons. The molecule has 2 N–H and O–H groups in total. The Balaban J connectivity index is 2.90. The van der Waals surface area contributed by atoms with Gasteiger partial charge in [0, 0.05) is 11.1 Å². The van der Waals surface area contributed by atoms with Gasteiger partial charge in [-0.2, -0.15) is 0 Å². The topological polar surface area (TPSA) is 26.0 Å². The van der Waals surface area contributed by atoms with Gasteiger partial charge in [0.2, 0.25) is 0 Å². The van der Waals surface area contributed by atoms with Gasteiger partial charge >= 0.3 is 0 Å². The van der Waals surface area contributed by atoms with E-state index in [0.29, 0.717) is 17.0 Å². The molecule has 0 spiro atoms. The van der Waals surface area contributed by atoms with Gasteiger partial charge in [-0.3, -0.25) is 0 Å². The van der Waals surface area contributed by atoms with Crippen molar-refractivity contribution in [2.24, 2.45) is 5.73 Å². The van der Waals surface area contributed by atoms with E-state index < -0.39 is 0 Å². The molecule has 1 aromatic rings. The summed E-state index contributed by atoms with van der Waals surface area (Å²) < 4.78 is 13.0. The Bertz CT molecular complexity index is 273. The molecule has 1 aromatic carbocycles. The molecule has 0 heterocycles. The molecule has 1 atom stereocenters. The molecule has 0 saturated carbocycles. The highest BCUT2D eigenvalue weighted by Crippen LogP contribution is 2.15. The van der Waals surface area contributed by atoms with Crippen molar-refractivity contribution in [3.63, 3.8) is 0 Å². The van der Waals surface area contributed by atoms with E-state index in [4.69, 9.17) is 17.3 Å². The predicted octanol–water partition coefficient (Wildman–Crippen LogP) is 2.37. The van der Waals surface area contributed by atoms with Gasteiger partial charge in [0.15, 0.2) is 0 Å². The smallest absolute Gasteiger partial charge is 0.126 e. The minimum atomic E-state index is -0.239. The van der Waals surface area contributed by atoms with Crippen LogP contribution in [0.1, 0.15) is 12.5 Å². The fraction of sp³-hybridized carbons (Fsp3) is 0.333. The highest BCUT2D eigenvalue weighted by atomic mass is 35.5. The van der Waals surface area contributed by atoms with E-state index in [2.05, 4.69) is 0 Å². The molecular weight excluding hydrogens is 177 g/mol. The number of hydrogen-bond donors (Lipinski definition) is 1. The SMILES string of the molecule is C[C@@H](N)Cc1cc(Cl)ccc1F. The molecule has 0 aliphatic heterocycles. The number of halogens is 2. The summed E-state index contributed by atoms with van der Waals surface area (Å²) in [5.41, 5.74) is 6.11. The Kier molecular flexibility index (Phi) is 3.06. The second-order valence-corrected chi connectivity index (χ2v) is 3.35. The second kappa shape index (κ2) is 3.87. The summed E-state index contributed by atoms with van der Waals surface area (Å²) in [4.78, 5) is 0. The normalized spacial score (nSPS) is 13.0. The van der Waals surface area contributed by atoms with Crippen LogP contribution in [-0.2, 0) is 6.42 Å². The predicted molar refractivity (Wildman–Crippen MR) is 48.8 cm³/mol. The van der Waals surface area contributed by atoms with Crippen LogP contribution in [0.2, 0.25) is 5.02 Å². The minimum absolute atomic E-state index is 0.0435. The van der Waals surface area contributed by atoms with Crippen LogP contribution in [0, 0.1) is 5.82 Å². The third-order valence-corrected chi connectivity index (χ3v) is 1.78. The minimum Gasteiger partial charge on any atom is -0.328 e. The zero-order valence-corrected chi connectivity index (χ0v) is 7.61. The first-order chi connectivity index (χ1) is 5.59. The standard InChI is InChI=1S/C9H11ClFN/c1-6(12)4-7-5-8(10)2-3-9(7)11/h2-3,5-6H,4,12H2,1H3/t6-/m1/s1. The van der Waals surface area contributed by atoms with Crippen molar-refractivity contribution in [2.45, 2.75) is 19.4 Å². The average Bonchev–Trinajstić information content (AvgIpc) is 1.96. The maximum atomic E-state index is 13.0. The van der Waals surface area contributed by atoms with Crippen LogP contribution in [0.3, 0.4) is 0 Å². The molecular formula is C9H11ClFN. The Morgan fingerprint density at radius 2 is 2.25 bits per heavy atom. The first-order valence-electron chi connectivity index (χ1n) is 3.79. The van der Waals surface area contributed by atoms with Crippen molar-refractivity contribution in [1.82, 2.24) is 0 Å². The molecule has 0 aliphatic carbocycles. The van der Waals surface area contributed by atoms with Crippen LogP contribution < -0.4 is 5.73 Å². The van der Waals surface area contributed by atoms with Crippen molar-refractivity contribution in [1.29, 1.82) is 0 Å². The summed E-state index contributed by atoms with van der Waals surface area (Å²) in [6, 6.07) is 4.46. The molecule has 0 saturated heterocycles. The number of benzene rings is 1. The Morgan fingerprint density at radius 3 is 2.83 bits per heavy atom. The van der Waals surface area contributed by atoms with E-state index in [9.17, 15) is 4.39 Å². The van der Waals surface area contributed by atoms with E-state index in [1.54, 1.807) is 6.07 Å². The van der Waals surface area contributed by atoms with Gasteiger partial charge in [0.1, 0.15) is 5.82 Å². The van der Waals surface area contributed by atoms with Gasteiger partial charge in [-0.15, -0.1) is 0 Å². The Hall–Kier alpha value is -0.600. The largest absolute Gasteiger partial charge is 0.328 e. The Morgan fingerprint density at radius 1 is 1.58 bits per heavy atom. The molecule has 1 nitrogen and oxygen atoms in total. The zero-order chi connectivity index (χ0) is 9.14. The molecule has 3 heteroatoms. The van der Waals surface area contributed by atoms with Crippen molar-refractivity contribution in [3.8, 4) is 0 Å². The van der Waals surface area contributed by atoms with Crippen LogP contribution in [0.15, 0.2) is 18.2 Å². The van der Waals surface area contributed by atoms with Crippen LogP contribution in [-0.4, -0.2) is 6.04 Å². The molecule has 0 amide bonds. The van der Waals surface area contributed by atoms with Gasteiger partial charge < -0.3 is 5.73 Å². The summed E-state index contributed by atoms with van der Waals surface area (Å²) >= 11 is 5.69. The summed E-state index contributed by atoms with van der Waals surface area (Å²) in [7, 11) is 0. The summed E-state index contributed by atoms with van der Waals surface area (Å²) in [6.07, 6.45) is 0.520. The summed E-state index contributed by atoms with van der Waals surface area (Å²) in [5.74, 6) is -0.239. The third-order valence-electron chi connectivity index (χ3n) is 1.55. The molecule has 0 unspecified atom stereocenters. The fourth-order valence-corrected chi connectivity index (χ4v) is 1.24. The zero-order valence-electron chi connectivity index (χ0n) is 6.85. The summed E-state index contributed by atoms with van der Waals surface area (Å²) in [6.45, 7) is 1.83. The van der Waals surface area contributed by atoms with Crippen molar-refractivity contribution in [2.75, 3.05) is 0 Å². The lowest BCUT2D eigenvalue weighted by atomic mass is 10.1. The Labute approximate surface area is 76.3 Å². The van der Waals surface area contributed by atoms with Gasteiger partial charge in [0.25, 0.3) is 0 Å². The number of hydrogen-bond acceptors (Lipinski definition) is 1. The van der Waals surface area contributed by atoms with E-state index in [1.807, 2.05) is 6.92 Å². The lowest BCUT2D eigenvalue weighted by Gasteiger charge is -2.06. The molecule has 0 aromatic heterocycles. The lowest BCUT2D eigenvalue weighted by molar-refractivity contribution is 0.596. The molecule has 12 heavy (non-hydrogen) atoms. The maximum absolute atomic E-state index is 13.0. The van der Waals surface area contributed by atoms with Gasteiger partial charge in [-0.1, -0.05) is 11.6 Å². The third kappa shape index (κ3) is 2.47. The van der Waals surface area contributed by atoms with Gasteiger partial charge in [-0.25, -0.2) is 4.39 Å². The highest BCUT2D eigenvalue weighted by Gasteiger charge is 2.04. The quantitative estimate of drug-likeness (QED) is 0.756. The maximum Gasteiger partial charge on any atom is 0.126 e. The lowest BCUT2D eigenvalue weighted by Crippen LogP contribution is -2.18. The summed E-state index contributed by atoms with van der Waals surface area (Å²) in [5, 5.41) is 0.548. The number of nitrogens with two attached hydrogens (primary N) is 1. The second-order valence-electron chi connectivity index (χ2n) is 2.92. The van der Waals surface area contributed by atoms with Crippen LogP contribution in [0.4, 0.5) is 4.39 Å². The van der Waals surface area contributed by atoms with Crippen molar-refractivity contribution in [3.05, 3.63) is 34.6 Å². The van der Waals surface area contributed by atoms with E-state index >= 15 is 0 Å². The van der Waals surface area contributed by atoms with Crippen LogP contribution in [0.5, 0.6) is 0 Å². The molecule has 1 rings (SSSR count). The monoisotopic (exact) mass is 187 g/mol. The van der Waals surface area contributed by atoms with Crippen LogP contribution in [0.25, 0.3) is 0 Å². The van der Waals surface area contributed by atoms with Crippen molar-refractivity contribution >= 4 is 11.6 Å². The number of rotatable bonds is 2. The fourth-order valence-electron chi connectivity index (χ4n) is 1.05. The highest BCUT2D eigenvalue weighted by molar-refractivity contribution is 6.30. The van der Waals surface area contributed by atoms with E-state index in [1.165, 1.54) is 12.1 Å². The van der Waals surface area contributed by atoms with E-state index in [0.717, 1.165) is 0 Å². The van der Waals surface area contributed by atoms with Gasteiger partial charge in [0.05, 0.1) is 0 Å². The molecule has 66 valence electrons. The van der Waals surface area contributed by atoms with Gasteiger partial charge in [-0.05, 0) is 37.1 Å². The first kappa shape index (κ1) is 9.49. The van der Waals surface area contributed by atoms with E-state index in [-0.39, 0.29) is 11.9 Å². The molecule has 0 bridgehead atoms. The molecule has 0 aliphatic rings.